The molecule has 1 saturated carbocycles. The van der Waals surface area contributed by atoms with Gasteiger partial charge in [0.2, 0.25) is 0 Å². The van der Waals surface area contributed by atoms with Gasteiger partial charge in [-0.15, -0.1) is 0 Å². The summed E-state index contributed by atoms with van der Waals surface area (Å²) in [4.78, 5) is 11.9. The molecular weight excluding hydrogens is 292 g/mol. The molecule has 1 fully saturated rings. The highest BCUT2D eigenvalue weighted by Gasteiger charge is 2.16. The number of rotatable bonds is 7. The normalized spacial score (nSPS) is 15.3. The third kappa shape index (κ3) is 5.47. The van der Waals surface area contributed by atoms with Crippen molar-refractivity contribution in [2.45, 2.75) is 38.2 Å². The smallest absolute Gasteiger partial charge is 0.331 e. The van der Waals surface area contributed by atoms with E-state index >= 15 is 0 Å². The van der Waals surface area contributed by atoms with Crippen LogP contribution in [0.4, 0.5) is 0 Å². The molecule has 0 atom stereocenters. The Morgan fingerprint density at radius 1 is 1.26 bits per heavy atom. The second kappa shape index (κ2) is 9.03. The molecule has 0 unspecified atom stereocenters. The third-order valence-electron chi connectivity index (χ3n) is 3.79. The van der Waals surface area contributed by atoms with Crippen molar-refractivity contribution in [3.8, 4) is 11.5 Å². The van der Waals surface area contributed by atoms with Crippen LogP contribution in [0.5, 0.6) is 11.5 Å². The fraction of sp³-hybridized carbons (Fsp3) is 0.421. The van der Waals surface area contributed by atoms with Gasteiger partial charge in [-0.1, -0.05) is 25.1 Å². The largest absolute Gasteiger partial charge is 0.493 e. The summed E-state index contributed by atoms with van der Waals surface area (Å²) in [7, 11) is 1.58. The fourth-order valence-electron chi connectivity index (χ4n) is 2.61. The summed E-state index contributed by atoms with van der Waals surface area (Å²) in [6.07, 6.45) is 10.4. The predicted octanol–water partition coefficient (Wildman–Crippen LogP) is 4.15. The third-order valence-corrected chi connectivity index (χ3v) is 3.79. The molecule has 0 N–H and O–H groups in total. The fourth-order valence-corrected chi connectivity index (χ4v) is 2.61. The van der Waals surface area contributed by atoms with Crippen LogP contribution in [0.1, 0.15) is 37.7 Å². The summed E-state index contributed by atoms with van der Waals surface area (Å²) in [6, 6.07) is 5.50. The summed E-state index contributed by atoms with van der Waals surface area (Å²) in [6.45, 7) is 4.03. The topological polar surface area (TPSA) is 44.8 Å². The molecule has 0 bridgehead atoms. The summed E-state index contributed by atoms with van der Waals surface area (Å²) in [5.74, 6) is 0.979. The first-order chi connectivity index (χ1) is 11.2. The zero-order chi connectivity index (χ0) is 16.5. The Morgan fingerprint density at radius 2 is 2.04 bits per heavy atom. The maximum Gasteiger partial charge on any atom is 0.331 e. The summed E-state index contributed by atoms with van der Waals surface area (Å²) in [5, 5.41) is 0. The number of hydrogen-bond acceptors (Lipinski definition) is 4. The molecule has 4 nitrogen and oxygen atoms in total. The minimum absolute atomic E-state index is 0.0742. The van der Waals surface area contributed by atoms with Crippen molar-refractivity contribution in [2.75, 3.05) is 13.7 Å². The van der Waals surface area contributed by atoms with E-state index in [0.29, 0.717) is 18.1 Å². The van der Waals surface area contributed by atoms with Crippen molar-refractivity contribution >= 4 is 12.0 Å². The molecule has 1 aromatic rings. The van der Waals surface area contributed by atoms with Gasteiger partial charge in [0.05, 0.1) is 7.11 Å². The number of benzene rings is 1. The molecule has 0 spiro atoms. The summed E-state index contributed by atoms with van der Waals surface area (Å²) in [5.41, 5.74) is 0.855. The van der Waals surface area contributed by atoms with Crippen LogP contribution in [0.25, 0.3) is 6.08 Å². The molecular formula is C19H24O4. The molecule has 0 aromatic heterocycles. The van der Waals surface area contributed by atoms with E-state index in [9.17, 15) is 4.79 Å². The monoisotopic (exact) mass is 316 g/mol. The number of methoxy groups -OCH3 is 1. The van der Waals surface area contributed by atoms with Crippen LogP contribution >= 0.6 is 0 Å². The van der Waals surface area contributed by atoms with Crippen molar-refractivity contribution in [3.63, 3.8) is 0 Å². The van der Waals surface area contributed by atoms with E-state index in [-0.39, 0.29) is 12.1 Å². The molecule has 1 aromatic carbocycles. The van der Waals surface area contributed by atoms with Gasteiger partial charge in [0.25, 0.3) is 0 Å². The average molecular weight is 316 g/mol. The van der Waals surface area contributed by atoms with Crippen LogP contribution in [0.15, 0.2) is 36.9 Å². The zero-order valence-electron chi connectivity index (χ0n) is 13.6. The molecule has 1 aliphatic carbocycles. The number of esters is 1. The Bertz CT molecular complexity index is 556. The average Bonchev–Trinajstić information content (AvgIpc) is 2.59. The van der Waals surface area contributed by atoms with Crippen LogP contribution in [0.2, 0.25) is 0 Å². The van der Waals surface area contributed by atoms with Crippen molar-refractivity contribution < 1.29 is 19.0 Å². The van der Waals surface area contributed by atoms with Crippen molar-refractivity contribution in [1.29, 1.82) is 0 Å². The van der Waals surface area contributed by atoms with Gasteiger partial charge in [0, 0.05) is 6.08 Å². The van der Waals surface area contributed by atoms with Gasteiger partial charge in [-0.3, -0.25) is 0 Å². The number of carbonyl (C=O) groups is 1. The van der Waals surface area contributed by atoms with E-state index in [2.05, 4.69) is 6.58 Å². The quantitative estimate of drug-likeness (QED) is 0.431. The van der Waals surface area contributed by atoms with Crippen molar-refractivity contribution in [2.24, 2.45) is 0 Å². The van der Waals surface area contributed by atoms with E-state index in [0.717, 1.165) is 31.2 Å². The maximum absolute atomic E-state index is 11.9. The van der Waals surface area contributed by atoms with Gasteiger partial charge in [-0.25, -0.2) is 4.79 Å². The molecule has 0 aliphatic heterocycles. The molecule has 4 heteroatoms. The van der Waals surface area contributed by atoms with E-state index in [1.54, 1.807) is 19.3 Å². The predicted molar refractivity (Wildman–Crippen MR) is 90.7 cm³/mol. The lowest BCUT2D eigenvalue weighted by molar-refractivity contribution is -0.144. The van der Waals surface area contributed by atoms with E-state index in [1.165, 1.54) is 12.5 Å². The van der Waals surface area contributed by atoms with E-state index in [4.69, 9.17) is 14.2 Å². The Balaban J connectivity index is 1.95. The first kappa shape index (κ1) is 17.1. The van der Waals surface area contributed by atoms with Crippen LogP contribution in [-0.2, 0) is 9.53 Å². The van der Waals surface area contributed by atoms with E-state index < -0.39 is 0 Å². The lowest BCUT2D eigenvalue weighted by Crippen LogP contribution is -2.19. The Morgan fingerprint density at radius 3 is 2.74 bits per heavy atom. The molecule has 0 radical (unpaired) electrons. The van der Waals surface area contributed by atoms with E-state index in [1.807, 2.05) is 18.2 Å². The van der Waals surface area contributed by atoms with Crippen LogP contribution < -0.4 is 9.47 Å². The SMILES string of the molecule is C=CCOc1ccc(C=CC(=O)OC2CCCCC2)cc1OC. The van der Waals surface area contributed by atoms with Gasteiger partial charge in [0.1, 0.15) is 12.7 Å². The Kier molecular flexibility index (Phi) is 6.73. The van der Waals surface area contributed by atoms with Crippen LogP contribution in [0, 0.1) is 0 Å². The number of carbonyl (C=O) groups excluding carboxylic acids is 1. The highest BCUT2D eigenvalue weighted by atomic mass is 16.5. The second-order valence-corrected chi connectivity index (χ2v) is 5.54. The first-order valence-electron chi connectivity index (χ1n) is 8.03. The Labute approximate surface area is 137 Å². The lowest BCUT2D eigenvalue weighted by Gasteiger charge is -2.20. The van der Waals surface area contributed by atoms with Crippen molar-refractivity contribution in [3.05, 3.63) is 42.5 Å². The first-order valence-corrected chi connectivity index (χ1v) is 8.03. The van der Waals surface area contributed by atoms with Gasteiger partial charge in [0.15, 0.2) is 11.5 Å². The minimum Gasteiger partial charge on any atom is -0.493 e. The second-order valence-electron chi connectivity index (χ2n) is 5.54. The molecule has 0 heterocycles. The minimum atomic E-state index is -0.289. The van der Waals surface area contributed by atoms with Crippen LogP contribution in [-0.4, -0.2) is 25.8 Å². The summed E-state index contributed by atoms with van der Waals surface area (Å²) >= 11 is 0. The molecule has 0 saturated heterocycles. The molecule has 2 rings (SSSR count). The van der Waals surface area contributed by atoms with Gasteiger partial charge in [-0.2, -0.15) is 0 Å². The highest BCUT2D eigenvalue weighted by Crippen LogP contribution is 2.28. The number of hydrogen-bond donors (Lipinski definition) is 0. The van der Waals surface area contributed by atoms with Crippen LogP contribution in [0.3, 0.4) is 0 Å². The highest BCUT2D eigenvalue weighted by molar-refractivity contribution is 5.87. The van der Waals surface area contributed by atoms with Crippen molar-refractivity contribution in [1.82, 2.24) is 0 Å². The molecule has 0 amide bonds. The van der Waals surface area contributed by atoms with Gasteiger partial charge >= 0.3 is 5.97 Å². The lowest BCUT2D eigenvalue weighted by atomic mass is 9.98. The molecule has 23 heavy (non-hydrogen) atoms. The van der Waals surface area contributed by atoms with Gasteiger partial charge < -0.3 is 14.2 Å². The Hall–Kier alpha value is -2.23. The zero-order valence-corrected chi connectivity index (χ0v) is 13.6. The van der Waals surface area contributed by atoms with Gasteiger partial charge in [-0.05, 0) is 49.5 Å². The maximum atomic E-state index is 11.9. The molecule has 124 valence electrons. The summed E-state index contributed by atoms with van der Waals surface area (Å²) < 4.78 is 16.3. The number of ether oxygens (including phenoxy) is 3. The standard InChI is InChI=1S/C19H24O4/c1-3-13-22-17-11-9-15(14-18(17)21-2)10-12-19(20)23-16-7-5-4-6-8-16/h3,9-12,14,16H,1,4-8,13H2,2H3. The molecule has 1 aliphatic rings.